The molecule has 1 aromatic carbocycles. The highest BCUT2D eigenvalue weighted by molar-refractivity contribution is 5.62. The predicted octanol–water partition coefficient (Wildman–Crippen LogP) is 1.66. The monoisotopic (exact) mass is 190 g/mol. The Labute approximate surface area is 84.0 Å². The van der Waals surface area contributed by atoms with Crippen molar-refractivity contribution in [1.29, 1.82) is 5.26 Å². The second-order valence-electron chi connectivity index (χ2n) is 3.34. The Bertz CT molecular complexity index is 353. The van der Waals surface area contributed by atoms with Gasteiger partial charge in [-0.15, -0.1) is 0 Å². The van der Waals surface area contributed by atoms with Crippen molar-refractivity contribution in [3.8, 4) is 6.07 Å². The number of nitrogens with zero attached hydrogens (tertiary/aromatic N) is 1. The molecule has 1 rings (SSSR count). The fourth-order valence-corrected chi connectivity index (χ4v) is 1.25. The van der Waals surface area contributed by atoms with Crippen LogP contribution in [0, 0.1) is 18.3 Å². The normalized spacial score (nSPS) is 11.9. The minimum Gasteiger partial charge on any atom is -0.392 e. The summed E-state index contributed by atoms with van der Waals surface area (Å²) in [6, 6.07) is 7.66. The molecule has 0 aliphatic rings. The van der Waals surface area contributed by atoms with Crippen LogP contribution in [-0.2, 0) is 0 Å². The van der Waals surface area contributed by atoms with Crippen molar-refractivity contribution < 1.29 is 5.11 Å². The molecule has 3 heteroatoms. The molecule has 0 amide bonds. The molecule has 1 unspecified atom stereocenters. The summed E-state index contributed by atoms with van der Waals surface area (Å²) in [5.74, 6) is 0. The molecule has 0 aliphatic carbocycles. The average molecular weight is 190 g/mol. The van der Waals surface area contributed by atoms with Gasteiger partial charge < -0.3 is 10.4 Å². The Balaban J connectivity index is 2.89. The number of aryl methyl sites for hydroxylation is 1. The molecule has 14 heavy (non-hydrogen) atoms. The summed E-state index contributed by atoms with van der Waals surface area (Å²) in [5.41, 5.74) is 2.45. The van der Waals surface area contributed by atoms with E-state index in [4.69, 9.17) is 10.4 Å². The summed E-state index contributed by atoms with van der Waals surface area (Å²) in [4.78, 5) is 0. The lowest BCUT2D eigenvalue weighted by molar-refractivity contribution is 0.208. The Morgan fingerprint density at radius 3 is 2.86 bits per heavy atom. The summed E-state index contributed by atoms with van der Waals surface area (Å²) >= 11 is 0. The number of aliphatic hydroxyl groups excluding tert-OH is 1. The van der Waals surface area contributed by atoms with E-state index in [9.17, 15) is 0 Å². The van der Waals surface area contributed by atoms with Crippen LogP contribution in [0.2, 0.25) is 0 Å². The van der Waals surface area contributed by atoms with Crippen LogP contribution >= 0.6 is 0 Å². The number of hydrogen-bond acceptors (Lipinski definition) is 3. The molecular weight excluding hydrogens is 176 g/mol. The summed E-state index contributed by atoms with van der Waals surface area (Å²) in [6.07, 6.45) is -0.416. The Morgan fingerprint density at radius 2 is 2.29 bits per heavy atom. The molecule has 0 saturated heterocycles. The number of rotatable bonds is 3. The fourth-order valence-electron chi connectivity index (χ4n) is 1.25. The van der Waals surface area contributed by atoms with E-state index in [0.717, 1.165) is 11.3 Å². The van der Waals surface area contributed by atoms with Gasteiger partial charge in [0.15, 0.2) is 0 Å². The van der Waals surface area contributed by atoms with Crippen molar-refractivity contribution in [2.45, 2.75) is 20.0 Å². The number of para-hydroxylation sites is 1. The summed E-state index contributed by atoms with van der Waals surface area (Å²) < 4.78 is 0. The highest BCUT2D eigenvalue weighted by Gasteiger charge is 2.04. The van der Waals surface area contributed by atoms with Gasteiger partial charge in [0.1, 0.15) is 6.07 Å². The zero-order valence-corrected chi connectivity index (χ0v) is 8.41. The van der Waals surface area contributed by atoms with Crippen molar-refractivity contribution in [2.24, 2.45) is 0 Å². The van der Waals surface area contributed by atoms with Gasteiger partial charge in [0.05, 0.1) is 17.4 Å². The maximum atomic E-state index is 9.12. The molecule has 74 valence electrons. The van der Waals surface area contributed by atoms with Gasteiger partial charge in [-0.3, -0.25) is 0 Å². The van der Waals surface area contributed by atoms with E-state index in [-0.39, 0.29) is 0 Å². The summed E-state index contributed by atoms with van der Waals surface area (Å²) in [5, 5.41) is 21.0. The minimum absolute atomic E-state index is 0.416. The maximum absolute atomic E-state index is 9.12. The van der Waals surface area contributed by atoms with Gasteiger partial charge in [-0.1, -0.05) is 12.1 Å². The predicted molar refractivity (Wildman–Crippen MR) is 56.1 cm³/mol. The molecule has 2 N–H and O–H groups in total. The number of nitrogens with one attached hydrogen (secondary N) is 1. The summed E-state index contributed by atoms with van der Waals surface area (Å²) in [6.45, 7) is 4.10. The number of aliphatic hydroxyl groups is 1. The van der Waals surface area contributed by atoms with E-state index in [1.807, 2.05) is 19.1 Å². The van der Waals surface area contributed by atoms with Crippen LogP contribution in [0.4, 0.5) is 5.69 Å². The van der Waals surface area contributed by atoms with Gasteiger partial charge >= 0.3 is 0 Å². The summed E-state index contributed by atoms with van der Waals surface area (Å²) in [7, 11) is 0. The third-order valence-corrected chi connectivity index (χ3v) is 1.97. The molecule has 0 aliphatic heterocycles. The van der Waals surface area contributed by atoms with Crippen molar-refractivity contribution in [2.75, 3.05) is 11.9 Å². The first-order valence-corrected chi connectivity index (χ1v) is 4.56. The van der Waals surface area contributed by atoms with E-state index >= 15 is 0 Å². The van der Waals surface area contributed by atoms with Crippen molar-refractivity contribution in [1.82, 2.24) is 0 Å². The maximum Gasteiger partial charge on any atom is 0.101 e. The molecule has 1 atom stereocenters. The first-order chi connectivity index (χ1) is 6.65. The second kappa shape index (κ2) is 4.64. The van der Waals surface area contributed by atoms with E-state index < -0.39 is 6.10 Å². The molecule has 0 spiro atoms. The molecule has 0 saturated carbocycles. The smallest absolute Gasteiger partial charge is 0.101 e. The molecular formula is C11H14N2O. The molecule has 0 aromatic heterocycles. The molecule has 0 fully saturated rings. The van der Waals surface area contributed by atoms with E-state index in [2.05, 4.69) is 11.4 Å². The topological polar surface area (TPSA) is 56.0 Å². The van der Waals surface area contributed by atoms with E-state index in [1.165, 1.54) is 0 Å². The Hall–Kier alpha value is -1.53. The van der Waals surface area contributed by atoms with Gasteiger partial charge in [0, 0.05) is 6.54 Å². The first-order valence-electron chi connectivity index (χ1n) is 4.56. The van der Waals surface area contributed by atoms with E-state index in [1.54, 1.807) is 13.0 Å². The first kappa shape index (κ1) is 10.6. The van der Waals surface area contributed by atoms with Crippen LogP contribution in [0.25, 0.3) is 0 Å². The van der Waals surface area contributed by atoms with Gasteiger partial charge in [-0.2, -0.15) is 5.26 Å². The molecule has 0 radical (unpaired) electrons. The zero-order valence-electron chi connectivity index (χ0n) is 8.41. The lowest BCUT2D eigenvalue weighted by atomic mass is 10.1. The number of hydrogen-bond donors (Lipinski definition) is 2. The third-order valence-electron chi connectivity index (χ3n) is 1.97. The van der Waals surface area contributed by atoms with Crippen LogP contribution in [0.15, 0.2) is 18.2 Å². The quantitative estimate of drug-likeness (QED) is 0.762. The van der Waals surface area contributed by atoms with Crippen LogP contribution in [0.1, 0.15) is 18.1 Å². The minimum atomic E-state index is -0.416. The van der Waals surface area contributed by atoms with Crippen LogP contribution in [-0.4, -0.2) is 17.8 Å². The number of nitriles is 1. The molecule has 0 bridgehead atoms. The van der Waals surface area contributed by atoms with E-state index in [0.29, 0.717) is 12.1 Å². The zero-order chi connectivity index (χ0) is 10.6. The molecule has 3 nitrogen and oxygen atoms in total. The fraction of sp³-hybridized carbons (Fsp3) is 0.364. The molecule has 0 heterocycles. The highest BCUT2D eigenvalue weighted by Crippen LogP contribution is 2.19. The standard InChI is InChI=1S/C11H14N2O/c1-8-4-3-5-10(6-12)11(8)13-7-9(2)14/h3-5,9,13-14H,7H2,1-2H3. The number of anilines is 1. The largest absolute Gasteiger partial charge is 0.392 e. The van der Waals surface area contributed by atoms with Crippen molar-refractivity contribution in [3.63, 3.8) is 0 Å². The SMILES string of the molecule is Cc1cccc(C#N)c1NCC(C)O. The Morgan fingerprint density at radius 1 is 1.57 bits per heavy atom. The van der Waals surface area contributed by atoms with Crippen LogP contribution in [0.5, 0.6) is 0 Å². The average Bonchev–Trinajstić information content (AvgIpc) is 2.15. The van der Waals surface area contributed by atoms with Crippen molar-refractivity contribution in [3.05, 3.63) is 29.3 Å². The van der Waals surface area contributed by atoms with Gasteiger partial charge in [-0.05, 0) is 25.5 Å². The third kappa shape index (κ3) is 2.48. The van der Waals surface area contributed by atoms with Crippen LogP contribution < -0.4 is 5.32 Å². The van der Waals surface area contributed by atoms with Gasteiger partial charge in [-0.25, -0.2) is 0 Å². The van der Waals surface area contributed by atoms with Gasteiger partial charge in [0.25, 0.3) is 0 Å². The lowest BCUT2D eigenvalue weighted by Gasteiger charge is -2.12. The van der Waals surface area contributed by atoms with Crippen LogP contribution in [0.3, 0.4) is 0 Å². The molecule has 1 aromatic rings. The second-order valence-corrected chi connectivity index (χ2v) is 3.34. The lowest BCUT2D eigenvalue weighted by Crippen LogP contribution is -2.16. The van der Waals surface area contributed by atoms with Gasteiger partial charge in [0.2, 0.25) is 0 Å². The van der Waals surface area contributed by atoms with Crippen molar-refractivity contribution >= 4 is 5.69 Å². The number of benzene rings is 1. The highest BCUT2D eigenvalue weighted by atomic mass is 16.3. The Kier molecular flexibility index (Phi) is 3.49.